The van der Waals surface area contributed by atoms with Gasteiger partial charge in [-0.1, -0.05) is 13.8 Å². The standard InChI is InChI=1S/C24H38N4O3/c1-6-25-23(27-21-20-9-12-31-22(20)24(21,2)3)26-16-7-10-28(11-8-16)17-13-18(29-4)15-19(14-17)30-5/h13-16,20-22H,6-12H2,1-5H3,(H2,25,26,27). The third kappa shape index (κ3) is 4.43. The van der Waals surface area contributed by atoms with E-state index in [0.717, 1.165) is 68.6 Å². The predicted molar refractivity (Wildman–Crippen MR) is 124 cm³/mol. The first-order valence-corrected chi connectivity index (χ1v) is 11.6. The van der Waals surface area contributed by atoms with Crippen molar-refractivity contribution in [2.75, 3.05) is 45.4 Å². The normalized spacial score (nSPS) is 28.0. The molecule has 1 aliphatic carbocycles. The molecular weight excluding hydrogens is 392 g/mol. The highest BCUT2D eigenvalue weighted by molar-refractivity contribution is 5.80. The van der Waals surface area contributed by atoms with Gasteiger partial charge in [-0.15, -0.1) is 0 Å². The first-order chi connectivity index (χ1) is 15.0. The van der Waals surface area contributed by atoms with E-state index in [-0.39, 0.29) is 5.41 Å². The van der Waals surface area contributed by atoms with Crippen LogP contribution in [-0.4, -0.2) is 64.6 Å². The Morgan fingerprint density at radius 2 is 1.77 bits per heavy atom. The van der Waals surface area contributed by atoms with Crippen LogP contribution in [0.25, 0.3) is 0 Å². The number of aliphatic imine (C=N–C) groups is 1. The van der Waals surface area contributed by atoms with E-state index in [1.807, 2.05) is 6.07 Å². The Kier molecular flexibility index (Phi) is 6.51. The molecule has 3 unspecified atom stereocenters. The van der Waals surface area contributed by atoms with Gasteiger partial charge in [0.25, 0.3) is 0 Å². The zero-order valence-electron chi connectivity index (χ0n) is 19.6. The fraction of sp³-hybridized carbons (Fsp3) is 0.708. The van der Waals surface area contributed by atoms with E-state index in [0.29, 0.717) is 24.1 Å². The average molecular weight is 431 g/mol. The Balaban J connectivity index is 1.34. The summed E-state index contributed by atoms with van der Waals surface area (Å²) in [7, 11) is 3.39. The molecule has 7 heteroatoms. The minimum atomic E-state index is 0.145. The summed E-state index contributed by atoms with van der Waals surface area (Å²) in [4.78, 5) is 7.15. The fourth-order valence-corrected chi connectivity index (χ4v) is 5.51. The van der Waals surface area contributed by atoms with Gasteiger partial charge in [0.1, 0.15) is 11.5 Å². The zero-order valence-corrected chi connectivity index (χ0v) is 19.6. The highest BCUT2D eigenvalue weighted by Gasteiger charge is 2.59. The van der Waals surface area contributed by atoms with Gasteiger partial charge >= 0.3 is 0 Å². The summed E-state index contributed by atoms with van der Waals surface area (Å²) in [6.07, 6.45) is 3.66. The van der Waals surface area contributed by atoms with Crippen molar-refractivity contribution in [1.82, 2.24) is 10.6 Å². The number of ether oxygens (including phenoxy) is 3. The van der Waals surface area contributed by atoms with Crippen molar-refractivity contribution in [3.63, 3.8) is 0 Å². The van der Waals surface area contributed by atoms with Crippen LogP contribution in [0.4, 0.5) is 5.69 Å². The molecule has 7 nitrogen and oxygen atoms in total. The molecule has 3 aliphatic rings. The summed E-state index contributed by atoms with van der Waals surface area (Å²) < 4.78 is 16.8. The van der Waals surface area contributed by atoms with Gasteiger partial charge in [0.05, 0.1) is 20.3 Å². The summed E-state index contributed by atoms with van der Waals surface area (Å²) in [6, 6.07) is 6.92. The van der Waals surface area contributed by atoms with E-state index in [9.17, 15) is 0 Å². The van der Waals surface area contributed by atoms with E-state index in [2.05, 4.69) is 48.4 Å². The van der Waals surface area contributed by atoms with Crippen LogP contribution in [0, 0.1) is 11.3 Å². The smallest absolute Gasteiger partial charge is 0.191 e. The molecule has 3 atom stereocenters. The molecule has 1 saturated carbocycles. The predicted octanol–water partition coefficient (Wildman–Crippen LogP) is 3.04. The van der Waals surface area contributed by atoms with Crippen LogP contribution < -0.4 is 25.0 Å². The zero-order chi connectivity index (χ0) is 22.0. The number of rotatable bonds is 6. The maximum absolute atomic E-state index is 5.95. The molecule has 1 aromatic carbocycles. The van der Waals surface area contributed by atoms with E-state index in [1.54, 1.807) is 14.2 Å². The van der Waals surface area contributed by atoms with Crippen molar-refractivity contribution in [1.29, 1.82) is 0 Å². The number of hydrogen-bond acceptors (Lipinski definition) is 5. The lowest BCUT2D eigenvalue weighted by molar-refractivity contribution is -0.106. The van der Waals surface area contributed by atoms with Crippen LogP contribution in [0.3, 0.4) is 0 Å². The molecule has 0 radical (unpaired) electrons. The molecule has 1 aromatic rings. The second-order valence-electron chi connectivity index (χ2n) is 9.49. The first kappa shape index (κ1) is 22.1. The van der Waals surface area contributed by atoms with Crippen molar-refractivity contribution in [2.24, 2.45) is 16.3 Å². The number of piperidine rings is 1. The molecule has 2 N–H and O–H groups in total. The van der Waals surface area contributed by atoms with Gasteiger partial charge in [0.2, 0.25) is 0 Å². The highest BCUT2D eigenvalue weighted by Crippen LogP contribution is 2.52. The molecule has 2 aliphatic heterocycles. The fourth-order valence-electron chi connectivity index (χ4n) is 5.51. The molecule has 0 spiro atoms. The van der Waals surface area contributed by atoms with Crippen molar-refractivity contribution in [3.05, 3.63) is 18.2 Å². The number of guanidine groups is 1. The van der Waals surface area contributed by atoms with Gasteiger partial charge in [0.15, 0.2) is 5.96 Å². The lowest BCUT2D eigenvalue weighted by atomic mass is 9.57. The van der Waals surface area contributed by atoms with Gasteiger partial charge in [-0.2, -0.15) is 0 Å². The molecule has 2 saturated heterocycles. The molecule has 172 valence electrons. The molecule has 0 bridgehead atoms. The van der Waals surface area contributed by atoms with Gasteiger partial charge < -0.3 is 29.7 Å². The minimum absolute atomic E-state index is 0.145. The second-order valence-corrected chi connectivity index (χ2v) is 9.49. The first-order valence-electron chi connectivity index (χ1n) is 11.6. The van der Waals surface area contributed by atoms with Crippen LogP contribution in [0.5, 0.6) is 11.5 Å². The number of nitrogens with one attached hydrogen (secondary N) is 2. The number of fused-ring (bicyclic) bond motifs is 1. The van der Waals surface area contributed by atoms with E-state index in [1.165, 1.54) is 0 Å². The molecule has 4 rings (SSSR count). The number of hydrogen-bond donors (Lipinski definition) is 2. The minimum Gasteiger partial charge on any atom is -0.497 e. The van der Waals surface area contributed by atoms with Gasteiger partial charge in [0, 0.05) is 73.5 Å². The average Bonchev–Trinajstić information content (AvgIpc) is 3.25. The lowest BCUT2D eigenvalue weighted by Crippen LogP contribution is -2.68. The molecule has 0 aromatic heterocycles. The Bertz CT molecular complexity index is 767. The van der Waals surface area contributed by atoms with E-state index in [4.69, 9.17) is 19.2 Å². The molecular formula is C24H38N4O3. The van der Waals surface area contributed by atoms with Gasteiger partial charge in [-0.05, 0) is 26.2 Å². The summed E-state index contributed by atoms with van der Waals surface area (Å²) in [6.45, 7) is 10.3. The van der Waals surface area contributed by atoms with Crippen LogP contribution in [0.2, 0.25) is 0 Å². The summed E-state index contributed by atoms with van der Waals surface area (Å²) in [5.41, 5.74) is 1.30. The summed E-state index contributed by atoms with van der Waals surface area (Å²) in [5, 5.41) is 7.46. The highest BCUT2D eigenvalue weighted by atomic mass is 16.5. The molecule has 3 fully saturated rings. The van der Waals surface area contributed by atoms with Crippen molar-refractivity contribution in [2.45, 2.75) is 58.2 Å². The second kappa shape index (κ2) is 9.15. The van der Waals surface area contributed by atoms with Crippen LogP contribution in [-0.2, 0) is 4.74 Å². The Morgan fingerprint density at radius 1 is 1.10 bits per heavy atom. The molecule has 31 heavy (non-hydrogen) atoms. The van der Waals surface area contributed by atoms with Crippen LogP contribution in [0.1, 0.15) is 40.0 Å². The Hall–Kier alpha value is -2.15. The van der Waals surface area contributed by atoms with Gasteiger partial charge in [-0.25, -0.2) is 0 Å². The van der Waals surface area contributed by atoms with Crippen molar-refractivity contribution < 1.29 is 14.2 Å². The maximum Gasteiger partial charge on any atom is 0.191 e. The quantitative estimate of drug-likeness (QED) is 0.534. The molecule has 2 heterocycles. The van der Waals surface area contributed by atoms with E-state index < -0.39 is 0 Å². The third-order valence-electron chi connectivity index (χ3n) is 7.25. The van der Waals surface area contributed by atoms with Crippen molar-refractivity contribution in [3.8, 4) is 11.5 Å². The SMILES string of the molecule is CCN=C(NC1CCN(c2cc(OC)cc(OC)c2)CC1)NC1C2CCOC2C1(C)C. The van der Waals surface area contributed by atoms with Crippen LogP contribution >= 0.6 is 0 Å². The van der Waals surface area contributed by atoms with Crippen molar-refractivity contribution >= 4 is 11.6 Å². The Labute approximate surface area is 186 Å². The lowest BCUT2D eigenvalue weighted by Gasteiger charge is -2.55. The largest absolute Gasteiger partial charge is 0.497 e. The third-order valence-corrected chi connectivity index (χ3v) is 7.25. The number of methoxy groups -OCH3 is 2. The summed E-state index contributed by atoms with van der Waals surface area (Å²) >= 11 is 0. The number of anilines is 1. The monoisotopic (exact) mass is 430 g/mol. The summed E-state index contributed by atoms with van der Waals surface area (Å²) in [5.74, 6) is 3.21. The van der Waals surface area contributed by atoms with Crippen LogP contribution in [0.15, 0.2) is 23.2 Å². The van der Waals surface area contributed by atoms with Gasteiger partial charge in [-0.3, -0.25) is 4.99 Å². The Morgan fingerprint density at radius 3 is 2.39 bits per heavy atom. The van der Waals surface area contributed by atoms with E-state index >= 15 is 0 Å². The number of benzene rings is 1. The molecule has 0 amide bonds. The topological polar surface area (TPSA) is 67.4 Å². The maximum atomic E-state index is 5.95. The number of nitrogens with zero attached hydrogens (tertiary/aromatic N) is 2.